The Balaban J connectivity index is 2.38. The Kier molecular flexibility index (Phi) is 6.57. The summed E-state index contributed by atoms with van der Waals surface area (Å²) in [6.07, 6.45) is -1.08. The highest BCUT2D eigenvalue weighted by atomic mass is 32.2. The molecule has 0 aliphatic carbocycles. The number of nitrogens with one attached hydrogen (secondary N) is 1. The van der Waals surface area contributed by atoms with Crippen molar-refractivity contribution >= 4 is 28.5 Å². The van der Waals surface area contributed by atoms with E-state index in [1.807, 2.05) is 30.3 Å². The maximum absolute atomic E-state index is 13.1. The second kappa shape index (κ2) is 8.66. The molecule has 0 fully saturated rings. The molecule has 2 rings (SSSR count). The highest BCUT2D eigenvalue weighted by Gasteiger charge is 2.36. The monoisotopic (exact) mass is 380 g/mol. The lowest BCUT2D eigenvalue weighted by atomic mass is 10.1. The van der Waals surface area contributed by atoms with E-state index in [2.05, 4.69) is 16.9 Å². The Bertz CT molecular complexity index is 820. The first kappa shape index (κ1) is 19.7. The van der Waals surface area contributed by atoms with Crippen molar-refractivity contribution in [2.24, 2.45) is 0 Å². The number of hydrogen-bond acceptors (Lipinski definition) is 3. The Labute approximate surface area is 153 Å². The van der Waals surface area contributed by atoms with Crippen LogP contribution in [0.2, 0.25) is 0 Å². The van der Waals surface area contributed by atoms with E-state index >= 15 is 0 Å². The van der Waals surface area contributed by atoms with Crippen LogP contribution >= 0.6 is 11.8 Å². The summed E-state index contributed by atoms with van der Waals surface area (Å²) in [7, 11) is 1.72. The number of benzene rings is 1. The molecular formula is C18H17F3N3OS+. The van der Waals surface area contributed by atoms with E-state index in [-0.39, 0.29) is 0 Å². The number of amidine groups is 1. The zero-order chi connectivity index (χ0) is 19.2. The molecule has 0 saturated carbocycles. The number of aromatic nitrogens is 1. The third-order valence-corrected chi connectivity index (χ3v) is 4.43. The summed E-state index contributed by atoms with van der Waals surface area (Å²) in [5.41, 5.74) is -0.778. The van der Waals surface area contributed by atoms with Crippen molar-refractivity contribution in [2.75, 3.05) is 12.8 Å². The minimum Gasteiger partial charge on any atom is -0.264 e. The van der Waals surface area contributed by atoms with Crippen molar-refractivity contribution in [1.29, 1.82) is 0 Å². The summed E-state index contributed by atoms with van der Waals surface area (Å²) < 4.78 is 41.1. The summed E-state index contributed by atoms with van der Waals surface area (Å²) >= 11 is 1.25. The van der Waals surface area contributed by atoms with Gasteiger partial charge in [-0.05, 0) is 30.0 Å². The predicted molar refractivity (Wildman–Crippen MR) is 96.7 cm³/mol. The molecule has 1 aromatic heterocycles. The number of carbonyl (C=O) groups excluding carboxylic acids is 1. The fourth-order valence-corrected chi connectivity index (χ4v) is 2.85. The van der Waals surface area contributed by atoms with Gasteiger partial charge >= 0.3 is 17.3 Å². The van der Waals surface area contributed by atoms with Crippen LogP contribution in [-0.2, 0) is 6.18 Å². The third-order valence-electron chi connectivity index (χ3n) is 3.38. The number of thioether (sulfide) groups is 1. The Morgan fingerprint density at radius 3 is 2.62 bits per heavy atom. The van der Waals surface area contributed by atoms with Crippen LogP contribution in [0.15, 0.2) is 61.4 Å². The van der Waals surface area contributed by atoms with Crippen LogP contribution in [0.4, 0.5) is 18.9 Å². The lowest BCUT2D eigenvalue weighted by Gasteiger charge is -2.11. The second-order valence-electron chi connectivity index (χ2n) is 5.17. The number of hydrogen-bond donors (Lipinski definition) is 1. The zero-order valence-corrected chi connectivity index (χ0v) is 14.8. The summed E-state index contributed by atoms with van der Waals surface area (Å²) in [4.78, 5) is 16.1. The second-order valence-corrected chi connectivity index (χ2v) is 6.18. The van der Waals surface area contributed by atoms with Crippen LogP contribution in [0.25, 0.3) is 0 Å². The number of nitrogens with zero attached hydrogens (tertiary/aromatic N) is 2. The summed E-state index contributed by atoms with van der Waals surface area (Å²) in [6, 6.07) is 9.93. The van der Waals surface area contributed by atoms with E-state index in [4.69, 9.17) is 0 Å². The van der Waals surface area contributed by atoms with Crippen LogP contribution in [0.3, 0.4) is 0 Å². The molecule has 1 heterocycles. The highest BCUT2D eigenvalue weighted by Crippen LogP contribution is 2.31. The smallest absolute Gasteiger partial charge is 0.264 e. The minimum atomic E-state index is -4.64. The summed E-state index contributed by atoms with van der Waals surface area (Å²) in [6.45, 7) is 3.62. The SMILES string of the molecule is C=CCSC(NC(=O)c1cnccc1C(F)(F)F)=[N+](C)c1ccccc1. The number of amides is 1. The lowest BCUT2D eigenvalue weighted by molar-refractivity contribution is -0.403. The maximum atomic E-state index is 13.1. The fraction of sp³-hybridized carbons (Fsp3) is 0.167. The van der Waals surface area contributed by atoms with Crippen LogP contribution < -0.4 is 5.32 Å². The molecule has 1 N–H and O–H groups in total. The molecule has 0 spiro atoms. The Morgan fingerprint density at radius 2 is 2.00 bits per heavy atom. The molecule has 2 aromatic rings. The van der Waals surface area contributed by atoms with Gasteiger partial charge in [0.2, 0.25) is 0 Å². The van der Waals surface area contributed by atoms with E-state index in [0.717, 1.165) is 24.1 Å². The predicted octanol–water partition coefficient (Wildman–Crippen LogP) is 4.08. The number of rotatable bonds is 4. The van der Waals surface area contributed by atoms with Gasteiger partial charge < -0.3 is 0 Å². The molecule has 0 radical (unpaired) electrons. The van der Waals surface area contributed by atoms with Gasteiger partial charge in [-0.25, -0.2) is 9.37 Å². The fourth-order valence-electron chi connectivity index (χ4n) is 2.11. The van der Waals surface area contributed by atoms with Gasteiger partial charge in [0.25, 0.3) is 0 Å². The van der Waals surface area contributed by atoms with Gasteiger partial charge in [0.1, 0.15) is 5.69 Å². The molecule has 26 heavy (non-hydrogen) atoms. The number of carbonyl (C=O) groups is 1. The van der Waals surface area contributed by atoms with E-state index in [1.54, 1.807) is 17.7 Å². The topological polar surface area (TPSA) is 45.0 Å². The molecular weight excluding hydrogens is 363 g/mol. The molecule has 0 aliphatic heterocycles. The summed E-state index contributed by atoms with van der Waals surface area (Å²) in [5, 5.41) is 2.94. The quantitative estimate of drug-likeness (QED) is 0.376. The number of para-hydroxylation sites is 1. The maximum Gasteiger partial charge on any atom is 0.417 e. The van der Waals surface area contributed by atoms with E-state index in [9.17, 15) is 18.0 Å². The number of pyridine rings is 1. The van der Waals surface area contributed by atoms with Gasteiger partial charge in [-0.15, -0.1) is 6.58 Å². The van der Waals surface area contributed by atoms with E-state index in [1.165, 1.54) is 11.8 Å². The molecule has 1 aromatic carbocycles. The van der Waals surface area contributed by atoms with Crippen LogP contribution in [-0.4, -0.2) is 33.4 Å². The van der Waals surface area contributed by atoms with Crippen LogP contribution in [0.1, 0.15) is 15.9 Å². The van der Waals surface area contributed by atoms with Gasteiger partial charge in [-0.3, -0.25) is 4.98 Å². The largest absolute Gasteiger partial charge is 0.417 e. The minimum absolute atomic E-state index is 0.387. The normalized spacial score (nSPS) is 12.3. The van der Waals surface area contributed by atoms with Crippen molar-refractivity contribution in [3.05, 3.63) is 72.6 Å². The van der Waals surface area contributed by atoms with Crippen molar-refractivity contribution in [3.8, 4) is 0 Å². The molecule has 8 heteroatoms. The molecule has 0 unspecified atom stereocenters. The first-order chi connectivity index (χ1) is 12.3. The zero-order valence-electron chi connectivity index (χ0n) is 14.0. The average molecular weight is 380 g/mol. The highest BCUT2D eigenvalue weighted by molar-refractivity contribution is 8.13. The van der Waals surface area contributed by atoms with E-state index in [0.29, 0.717) is 10.9 Å². The van der Waals surface area contributed by atoms with Crippen molar-refractivity contribution in [3.63, 3.8) is 0 Å². The molecule has 1 amide bonds. The first-order valence-corrected chi connectivity index (χ1v) is 8.55. The third kappa shape index (κ3) is 4.95. The van der Waals surface area contributed by atoms with Gasteiger partial charge in [0.05, 0.1) is 18.2 Å². The molecule has 0 bridgehead atoms. The standard InChI is InChI=1S/C18H16F3N3OS/c1-3-11-26-17(24(2)13-7-5-4-6-8-13)23-16(25)14-12-22-10-9-15(14)18(19,20)21/h3-10,12H,1,11H2,2H3/p+1. The number of halogens is 3. The average Bonchev–Trinajstić information content (AvgIpc) is 2.64. The first-order valence-electron chi connectivity index (χ1n) is 7.56. The van der Waals surface area contributed by atoms with Crippen molar-refractivity contribution < 1.29 is 22.5 Å². The summed E-state index contributed by atoms with van der Waals surface area (Å²) in [5.74, 6) is -0.397. The van der Waals surface area contributed by atoms with Gasteiger partial charge in [-0.2, -0.15) is 18.5 Å². The van der Waals surface area contributed by atoms with Crippen LogP contribution in [0, 0.1) is 0 Å². The van der Waals surface area contributed by atoms with Crippen LogP contribution in [0.5, 0.6) is 0 Å². The lowest BCUT2D eigenvalue weighted by Crippen LogP contribution is -2.34. The molecule has 4 nitrogen and oxygen atoms in total. The molecule has 136 valence electrons. The van der Waals surface area contributed by atoms with Gasteiger partial charge in [-0.1, -0.05) is 24.3 Å². The van der Waals surface area contributed by atoms with Gasteiger partial charge in [0.15, 0.2) is 0 Å². The van der Waals surface area contributed by atoms with Crippen molar-refractivity contribution in [2.45, 2.75) is 6.18 Å². The number of alkyl halides is 3. The Morgan fingerprint density at radius 1 is 1.31 bits per heavy atom. The van der Waals surface area contributed by atoms with E-state index < -0.39 is 23.2 Å². The van der Waals surface area contributed by atoms with Crippen molar-refractivity contribution in [1.82, 2.24) is 10.3 Å². The molecule has 0 aliphatic rings. The molecule has 0 atom stereocenters. The van der Waals surface area contributed by atoms with Gasteiger partial charge in [0, 0.05) is 18.1 Å². The Hall–Kier alpha value is -2.61. The molecule has 0 saturated heterocycles.